The van der Waals surface area contributed by atoms with Gasteiger partial charge in [-0.1, -0.05) is 0 Å². The quantitative estimate of drug-likeness (QED) is 0.850. The highest BCUT2D eigenvalue weighted by Gasteiger charge is 2.45. The number of likely N-dealkylation sites (tertiary alicyclic amines) is 1. The van der Waals surface area contributed by atoms with Crippen molar-refractivity contribution in [2.24, 2.45) is 11.8 Å². The molecule has 138 valence electrons. The summed E-state index contributed by atoms with van der Waals surface area (Å²) < 4.78 is 57.4. The molecule has 2 aliphatic heterocycles. The molecule has 2 aliphatic rings. The molecular weight excluding hydrogens is 354 g/mol. The van der Waals surface area contributed by atoms with Crippen LogP contribution in [0.4, 0.5) is 8.78 Å². The number of aryl methyl sites for hydroxylation is 1. The number of carbonyl (C=O) groups excluding carboxylic acids is 1. The molecule has 3 atom stereocenters. The van der Waals surface area contributed by atoms with Crippen LogP contribution in [0.1, 0.15) is 15.9 Å². The summed E-state index contributed by atoms with van der Waals surface area (Å²) >= 11 is 0. The van der Waals surface area contributed by atoms with Crippen LogP contribution in [0.25, 0.3) is 0 Å². The lowest BCUT2D eigenvalue weighted by atomic mass is 9.93. The lowest BCUT2D eigenvalue weighted by Crippen LogP contribution is -2.35. The van der Waals surface area contributed by atoms with Gasteiger partial charge < -0.3 is 9.64 Å². The summed E-state index contributed by atoms with van der Waals surface area (Å²) in [6, 6.07) is 1.93. The van der Waals surface area contributed by atoms with Crippen molar-refractivity contribution in [3.63, 3.8) is 0 Å². The highest BCUT2D eigenvalue weighted by Crippen LogP contribution is 2.34. The van der Waals surface area contributed by atoms with Crippen LogP contribution in [0.2, 0.25) is 0 Å². The van der Waals surface area contributed by atoms with Gasteiger partial charge in [-0.15, -0.1) is 0 Å². The number of fused-ring (bicyclic) bond motifs is 1. The molecule has 6 nitrogen and oxygen atoms in total. The van der Waals surface area contributed by atoms with E-state index in [4.69, 9.17) is 4.74 Å². The van der Waals surface area contributed by atoms with Crippen LogP contribution in [0.15, 0.2) is 12.1 Å². The molecule has 0 saturated carbocycles. The predicted molar refractivity (Wildman–Crippen MR) is 86.6 cm³/mol. The molecule has 0 spiro atoms. The lowest BCUT2D eigenvalue weighted by molar-refractivity contribution is 0.0677. The predicted octanol–water partition coefficient (Wildman–Crippen LogP) is 0.909. The Morgan fingerprint density at radius 1 is 1.32 bits per heavy atom. The van der Waals surface area contributed by atoms with Gasteiger partial charge in [0.2, 0.25) is 10.0 Å². The maximum atomic E-state index is 13.5. The largest absolute Gasteiger partial charge is 0.376 e. The van der Waals surface area contributed by atoms with Gasteiger partial charge in [0.05, 0.1) is 19.0 Å². The van der Waals surface area contributed by atoms with E-state index >= 15 is 0 Å². The summed E-state index contributed by atoms with van der Waals surface area (Å²) in [6.07, 6.45) is 0.928. The van der Waals surface area contributed by atoms with Crippen LogP contribution in [0, 0.1) is 30.4 Å². The van der Waals surface area contributed by atoms with Gasteiger partial charge in [0.15, 0.2) is 11.6 Å². The Labute approximate surface area is 145 Å². The zero-order valence-corrected chi connectivity index (χ0v) is 14.8. The Hall–Kier alpha value is -1.58. The smallest absolute Gasteiger partial charge is 0.254 e. The van der Waals surface area contributed by atoms with Crippen LogP contribution < -0.4 is 4.72 Å². The summed E-state index contributed by atoms with van der Waals surface area (Å²) in [5, 5.41) is 0. The third-order valence-electron chi connectivity index (χ3n) is 4.83. The summed E-state index contributed by atoms with van der Waals surface area (Å²) in [4.78, 5) is 14.2. The minimum atomic E-state index is -3.29. The Bertz CT molecular complexity index is 800. The van der Waals surface area contributed by atoms with Crippen molar-refractivity contribution in [2.45, 2.75) is 13.0 Å². The minimum Gasteiger partial charge on any atom is -0.376 e. The van der Waals surface area contributed by atoms with Gasteiger partial charge >= 0.3 is 0 Å². The van der Waals surface area contributed by atoms with Crippen LogP contribution in [0.3, 0.4) is 0 Å². The molecule has 3 rings (SSSR count). The maximum Gasteiger partial charge on any atom is 0.254 e. The molecule has 1 aromatic carbocycles. The van der Waals surface area contributed by atoms with E-state index in [2.05, 4.69) is 4.72 Å². The van der Waals surface area contributed by atoms with E-state index in [-0.39, 0.29) is 36.0 Å². The molecule has 1 aromatic rings. The second kappa shape index (κ2) is 6.62. The fraction of sp³-hybridized carbons (Fsp3) is 0.562. The Balaban J connectivity index is 1.70. The number of carbonyl (C=O) groups is 1. The molecule has 0 radical (unpaired) electrons. The van der Waals surface area contributed by atoms with E-state index in [0.29, 0.717) is 25.3 Å². The van der Waals surface area contributed by atoms with Gasteiger partial charge in [-0.25, -0.2) is 21.9 Å². The van der Waals surface area contributed by atoms with Crippen molar-refractivity contribution in [1.82, 2.24) is 9.62 Å². The van der Waals surface area contributed by atoms with Crippen molar-refractivity contribution in [3.8, 4) is 0 Å². The number of amides is 1. The molecule has 9 heteroatoms. The molecule has 1 N–H and O–H groups in total. The number of nitrogens with zero attached hydrogens (tertiary/aromatic N) is 1. The highest BCUT2D eigenvalue weighted by molar-refractivity contribution is 7.88. The van der Waals surface area contributed by atoms with Gasteiger partial charge in [-0.3, -0.25) is 4.79 Å². The number of nitrogens with one attached hydrogen (secondary N) is 1. The monoisotopic (exact) mass is 374 g/mol. The number of hydrogen-bond donors (Lipinski definition) is 1. The van der Waals surface area contributed by atoms with E-state index in [1.54, 1.807) is 11.8 Å². The molecule has 0 aromatic heterocycles. The molecule has 0 bridgehead atoms. The normalized spacial score (nSPS) is 26.1. The van der Waals surface area contributed by atoms with E-state index in [1.165, 1.54) is 0 Å². The number of halogens is 2. The van der Waals surface area contributed by atoms with E-state index in [0.717, 1.165) is 18.4 Å². The number of hydrogen-bond acceptors (Lipinski definition) is 4. The van der Waals surface area contributed by atoms with Crippen molar-refractivity contribution in [2.75, 3.05) is 32.5 Å². The fourth-order valence-corrected chi connectivity index (χ4v) is 4.00. The van der Waals surface area contributed by atoms with E-state index in [1.807, 2.05) is 0 Å². The van der Waals surface area contributed by atoms with Crippen molar-refractivity contribution in [1.29, 1.82) is 0 Å². The Morgan fingerprint density at radius 3 is 2.68 bits per heavy atom. The second-order valence-electron chi connectivity index (χ2n) is 6.71. The van der Waals surface area contributed by atoms with Crippen molar-refractivity contribution >= 4 is 15.9 Å². The molecule has 2 fully saturated rings. The van der Waals surface area contributed by atoms with Crippen LogP contribution in [-0.4, -0.2) is 57.8 Å². The van der Waals surface area contributed by atoms with Gasteiger partial charge in [0, 0.05) is 37.0 Å². The SMILES string of the molecule is Cc1cc(F)c(F)cc1C(=O)N1C[C@@H]2[C@@H](CNS(C)(=O)=O)CO[C@@H]2C1. The average molecular weight is 374 g/mol. The summed E-state index contributed by atoms with van der Waals surface area (Å²) in [7, 11) is -3.29. The Morgan fingerprint density at radius 2 is 2.00 bits per heavy atom. The standard InChI is InChI=1S/C16H20F2N2O4S/c1-9-3-13(17)14(18)4-11(9)16(21)20-6-12-10(5-19-25(2,22)23)8-24-15(12)7-20/h3-4,10,12,15,19H,5-8H2,1-2H3/t10-,12+,15+/m0/s1. The number of ether oxygens (including phenoxy) is 1. The molecule has 25 heavy (non-hydrogen) atoms. The molecule has 1 amide bonds. The third-order valence-corrected chi connectivity index (χ3v) is 5.52. The minimum absolute atomic E-state index is 0.0174. The molecular formula is C16H20F2N2O4S. The zero-order chi connectivity index (χ0) is 18.4. The first-order valence-electron chi connectivity index (χ1n) is 7.97. The first-order valence-corrected chi connectivity index (χ1v) is 9.86. The average Bonchev–Trinajstić information content (AvgIpc) is 3.08. The Kier molecular flexibility index (Phi) is 4.82. The highest BCUT2D eigenvalue weighted by atomic mass is 32.2. The van der Waals surface area contributed by atoms with Gasteiger partial charge in [0.25, 0.3) is 5.91 Å². The zero-order valence-electron chi connectivity index (χ0n) is 14.0. The first-order chi connectivity index (χ1) is 11.7. The lowest BCUT2D eigenvalue weighted by Gasteiger charge is -2.21. The fourth-order valence-electron chi connectivity index (χ4n) is 3.48. The van der Waals surface area contributed by atoms with E-state index < -0.39 is 21.7 Å². The number of sulfonamides is 1. The molecule has 2 heterocycles. The van der Waals surface area contributed by atoms with Gasteiger partial charge in [-0.2, -0.15) is 0 Å². The van der Waals surface area contributed by atoms with E-state index in [9.17, 15) is 22.0 Å². The summed E-state index contributed by atoms with van der Waals surface area (Å²) in [5.74, 6) is -2.42. The van der Waals surface area contributed by atoms with Crippen molar-refractivity contribution in [3.05, 3.63) is 34.9 Å². The molecule has 0 unspecified atom stereocenters. The first kappa shape index (κ1) is 18.2. The summed E-state index contributed by atoms with van der Waals surface area (Å²) in [6.45, 7) is 3.01. The van der Waals surface area contributed by atoms with Crippen LogP contribution in [-0.2, 0) is 14.8 Å². The topological polar surface area (TPSA) is 75.7 Å². The second-order valence-corrected chi connectivity index (χ2v) is 8.54. The van der Waals surface area contributed by atoms with Crippen molar-refractivity contribution < 1.29 is 26.7 Å². The van der Waals surface area contributed by atoms with Crippen LogP contribution >= 0.6 is 0 Å². The molecule has 2 saturated heterocycles. The molecule has 0 aliphatic carbocycles. The van der Waals surface area contributed by atoms with Gasteiger partial charge in [-0.05, 0) is 24.6 Å². The van der Waals surface area contributed by atoms with Gasteiger partial charge in [0.1, 0.15) is 0 Å². The maximum absolute atomic E-state index is 13.5. The van der Waals surface area contributed by atoms with Crippen LogP contribution in [0.5, 0.6) is 0 Å². The third kappa shape index (κ3) is 3.83. The number of benzene rings is 1. The number of rotatable bonds is 4. The summed E-state index contributed by atoms with van der Waals surface area (Å²) in [5.41, 5.74) is 0.502.